The summed E-state index contributed by atoms with van der Waals surface area (Å²) in [4.78, 5) is 35.3. The SMILES string of the molecule is Cc1nc2c(c(NC3CC=CC3)n1)CCN(C(=O)C1CNC(=O)C1)CC2. The Bertz CT molecular complexity index is 753. The van der Waals surface area contributed by atoms with Gasteiger partial charge in [-0.05, 0) is 26.2 Å². The van der Waals surface area contributed by atoms with Crippen molar-refractivity contribution in [3.8, 4) is 0 Å². The summed E-state index contributed by atoms with van der Waals surface area (Å²) in [6.45, 7) is 3.68. The largest absolute Gasteiger partial charge is 0.366 e. The molecule has 138 valence electrons. The Kier molecular flexibility index (Phi) is 4.61. The number of hydrogen-bond donors (Lipinski definition) is 2. The molecule has 7 heteroatoms. The normalized spacial score (nSPS) is 22.9. The quantitative estimate of drug-likeness (QED) is 0.789. The Balaban J connectivity index is 1.50. The molecule has 0 aromatic carbocycles. The van der Waals surface area contributed by atoms with Crippen LogP contribution in [0, 0.1) is 12.8 Å². The number of carbonyl (C=O) groups excluding carboxylic acids is 2. The zero-order valence-electron chi connectivity index (χ0n) is 15.1. The first-order valence-electron chi connectivity index (χ1n) is 9.43. The first kappa shape index (κ1) is 17.0. The number of nitrogens with zero attached hydrogens (tertiary/aromatic N) is 3. The van der Waals surface area contributed by atoms with Crippen molar-refractivity contribution in [1.29, 1.82) is 0 Å². The highest BCUT2D eigenvalue weighted by molar-refractivity contribution is 5.89. The molecule has 4 rings (SSSR count). The van der Waals surface area contributed by atoms with Crippen LogP contribution in [0.4, 0.5) is 5.82 Å². The van der Waals surface area contributed by atoms with E-state index in [1.807, 2.05) is 11.8 Å². The van der Waals surface area contributed by atoms with Gasteiger partial charge in [0.05, 0.1) is 11.6 Å². The van der Waals surface area contributed by atoms with Gasteiger partial charge in [0.2, 0.25) is 11.8 Å². The summed E-state index contributed by atoms with van der Waals surface area (Å²) in [6, 6.07) is 0.393. The van der Waals surface area contributed by atoms with Crippen molar-refractivity contribution in [2.75, 3.05) is 25.0 Å². The molecular weight excluding hydrogens is 330 g/mol. The van der Waals surface area contributed by atoms with Crippen LogP contribution in [0.15, 0.2) is 12.2 Å². The highest BCUT2D eigenvalue weighted by Crippen LogP contribution is 2.25. The van der Waals surface area contributed by atoms with E-state index in [1.54, 1.807) is 0 Å². The Labute approximate surface area is 153 Å². The Morgan fingerprint density at radius 1 is 1.23 bits per heavy atom. The lowest BCUT2D eigenvalue weighted by Gasteiger charge is -2.23. The average molecular weight is 355 g/mol. The number of nitrogens with one attached hydrogen (secondary N) is 2. The molecule has 26 heavy (non-hydrogen) atoms. The Hall–Kier alpha value is -2.44. The maximum Gasteiger partial charge on any atom is 0.228 e. The van der Waals surface area contributed by atoms with E-state index in [2.05, 4.69) is 32.8 Å². The van der Waals surface area contributed by atoms with Gasteiger partial charge in [-0.3, -0.25) is 9.59 Å². The lowest BCUT2D eigenvalue weighted by Crippen LogP contribution is -2.38. The van der Waals surface area contributed by atoms with E-state index in [9.17, 15) is 9.59 Å². The maximum absolute atomic E-state index is 12.8. The molecule has 3 heterocycles. The van der Waals surface area contributed by atoms with Crippen LogP contribution in [0.5, 0.6) is 0 Å². The van der Waals surface area contributed by atoms with Crippen LogP contribution in [0.2, 0.25) is 0 Å². The van der Waals surface area contributed by atoms with Crippen molar-refractivity contribution < 1.29 is 9.59 Å². The first-order chi connectivity index (χ1) is 12.6. The van der Waals surface area contributed by atoms with E-state index >= 15 is 0 Å². The third-order valence-electron chi connectivity index (χ3n) is 5.44. The van der Waals surface area contributed by atoms with Gasteiger partial charge < -0.3 is 15.5 Å². The van der Waals surface area contributed by atoms with Crippen LogP contribution in [0.25, 0.3) is 0 Å². The van der Waals surface area contributed by atoms with Crippen LogP contribution < -0.4 is 10.6 Å². The van der Waals surface area contributed by atoms with Gasteiger partial charge >= 0.3 is 0 Å². The number of fused-ring (bicyclic) bond motifs is 1. The van der Waals surface area contributed by atoms with Crippen LogP contribution in [0.1, 0.15) is 36.3 Å². The predicted octanol–water partition coefficient (Wildman–Crippen LogP) is 0.979. The summed E-state index contributed by atoms with van der Waals surface area (Å²) in [5, 5.41) is 6.33. The van der Waals surface area contributed by atoms with E-state index in [0.717, 1.165) is 48.6 Å². The molecule has 7 nitrogen and oxygen atoms in total. The number of aromatic nitrogens is 2. The first-order valence-corrected chi connectivity index (χ1v) is 9.43. The van der Waals surface area contributed by atoms with Gasteiger partial charge in [-0.2, -0.15) is 0 Å². The summed E-state index contributed by atoms with van der Waals surface area (Å²) < 4.78 is 0. The highest BCUT2D eigenvalue weighted by Gasteiger charge is 2.32. The lowest BCUT2D eigenvalue weighted by atomic mass is 10.1. The number of anilines is 1. The molecule has 0 bridgehead atoms. The molecule has 1 aromatic rings. The molecule has 1 saturated heterocycles. The molecule has 1 unspecified atom stereocenters. The number of rotatable bonds is 3. The fourth-order valence-corrected chi connectivity index (χ4v) is 4.03. The third kappa shape index (κ3) is 3.43. The second-order valence-corrected chi connectivity index (χ2v) is 7.36. The Morgan fingerprint density at radius 3 is 2.73 bits per heavy atom. The minimum atomic E-state index is -0.223. The van der Waals surface area contributed by atoms with Crippen molar-refractivity contribution in [2.24, 2.45) is 5.92 Å². The molecule has 1 fully saturated rings. The van der Waals surface area contributed by atoms with Gasteiger partial charge in [-0.15, -0.1) is 0 Å². The minimum absolute atomic E-state index is 0.0281. The van der Waals surface area contributed by atoms with Crippen LogP contribution in [-0.2, 0) is 22.4 Å². The lowest BCUT2D eigenvalue weighted by molar-refractivity contribution is -0.135. The summed E-state index contributed by atoms with van der Waals surface area (Å²) in [6.07, 6.45) is 8.22. The number of aryl methyl sites for hydroxylation is 1. The summed E-state index contributed by atoms with van der Waals surface area (Å²) in [7, 11) is 0. The monoisotopic (exact) mass is 355 g/mol. The average Bonchev–Trinajstić information content (AvgIpc) is 3.22. The Morgan fingerprint density at radius 2 is 2.00 bits per heavy atom. The van der Waals surface area contributed by atoms with Crippen LogP contribution in [-0.4, -0.2) is 52.4 Å². The molecule has 1 atom stereocenters. The maximum atomic E-state index is 12.8. The topological polar surface area (TPSA) is 87.2 Å². The molecule has 1 aromatic heterocycles. The molecule has 2 amide bonds. The molecule has 2 N–H and O–H groups in total. The van der Waals surface area contributed by atoms with Gasteiger partial charge in [0.15, 0.2) is 0 Å². The molecule has 0 saturated carbocycles. The minimum Gasteiger partial charge on any atom is -0.366 e. The van der Waals surface area contributed by atoms with Crippen LogP contribution in [0.3, 0.4) is 0 Å². The second kappa shape index (κ2) is 7.05. The summed E-state index contributed by atoms with van der Waals surface area (Å²) >= 11 is 0. The van der Waals surface area contributed by atoms with Crippen molar-refractivity contribution in [3.05, 3.63) is 29.2 Å². The molecule has 2 aliphatic heterocycles. The van der Waals surface area contributed by atoms with E-state index in [4.69, 9.17) is 0 Å². The second-order valence-electron chi connectivity index (χ2n) is 7.36. The van der Waals surface area contributed by atoms with E-state index in [0.29, 0.717) is 32.1 Å². The third-order valence-corrected chi connectivity index (χ3v) is 5.44. The van der Waals surface area contributed by atoms with E-state index < -0.39 is 0 Å². The molecule has 0 spiro atoms. The van der Waals surface area contributed by atoms with Gasteiger partial charge in [0.25, 0.3) is 0 Å². The molecule has 3 aliphatic rings. The van der Waals surface area contributed by atoms with Crippen molar-refractivity contribution in [3.63, 3.8) is 0 Å². The van der Waals surface area contributed by atoms with E-state index in [1.165, 1.54) is 0 Å². The summed E-state index contributed by atoms with van der Waals surface area (Å²) in [5.41, 5.74) is 2.18. The smallest absolute Gasteiger partial charge is 0.228 e. The summed E-state index contributed by atoms with van der Waals surface area (Å²) in [5.74, 6) is 1.52. The fourth-order valence-electron chi connectivity index (χ4n) is 4.03. The molecule has 1 aliphatic carbocycles. The van der Waals surface area contributed by atoms with Crippen molar-refractivity contribution >= 4 is 17.6 Å². The number of hydrogen-bond acceptors (Lipinski definition) is 5. The van der Waals surface area contributed by atoms with Gasteiger partial charge in [0, 0.05) is 44.1 Å². The standard InChI is InChI=1S/C19H25N5O2/c1-12-21-16-7-9-24(19(26)13-10-17(25)20-11-13)8-6-15(16)18(22-12)23-14-4-2-3-5-14/h2-3,13-14H,4-11H2,1H3,(H,20,25)(H,21,22,23). The van der Waals surface area contributed by atoms with Gasteiger partial charge in [-0.25, -0.2) is 9.97 Å². The van der Waals surface area contributed by atoms with Crippen molar-refractivity contribution in [2.45, 2.75) is 45.1 Å². The molecular formula is C19H25N5O2. The molecule has 0 radical (unpaired) electrons. The zero-order chi connectivity index (χ0) is 18.1. The predicted molar refractivity (Wildman–Crippen MR) is 97.7 cm³/mol. The number of carbonyl (C=O) groups is 2. The van der Waals surface area contributed by atoms with Gasteiger partial charge in [0.1, 0.15) is 11.6 Å². The fraction of sp³-hybridized carbons (Fsp3) is 0.579. The van der Waals surface area contributed by atoms with E-state index in [-0.39, 0.29) is 17.7 Å². The van der Waals surface area contributed by atoms with Crippen molar-refractivity contribution in [1.82, 2.24) is 20.2 Å². The number of amides is 2. The van der Waals surface area contributed by atoms with Gasteiger partial charge in [-0.1, -0.05) is 12.2 Å². The van der Waals surface area contributed by atoms with Crippen LogP contribution >= 0.6 is 0 Å². The highest BCUT2D eigenvalue weighted by atomic mass is 16.2. The zero-order valence-corrected chi connectivity index (χ0v) is 15.1.